The first-order chi connectivity index (χ1) is 12.7. The van der Waals surface area contributed by atoms with E-state index >= 15 is 0 Å². The van der Waals surface area contributed by atoms with Gasteiger partial charge in [-0.1, -0.05) is 38.5 Å². The highest BCUT2D eigenvalue weighted by Crippen LogP contribution is 2.18. The van der Waals surface area contributed by atoms with Crippen molar-refractivity contribution in [3.63, 3.8) is 0 Å². The first kappa shape index (κ1) is 19.6. The quantitative estimate of drug-likeness (QED) is 0.750. The van der Waals surface area contributed by atoms with Gasteiger partial charge in [-0.15, -0.1) is 0 Å². The second-order valence-corrected chi connectivity index (χ2v) is 8.28. The van der Waals surface area contributed by atoms with Crippen molar-refractivity contribution < 1.29 is 9.59 Å². The Morgan fingerprint density at radius 2 is 1.35 bits per heavy atom. The highest BCUT2D eigenvalue weighted by atomic mass is 16.2. The van der Waals surface area contributed by atoms with Crippen molar-refractivity contribution in [1.82, 2.24) is 20.4 Å². The van der Waals surface area contributed by atoms with Crippen LogP contribution in [-0.4, -0.2) is 73.0 Å². The first-order valence-electron chi connectivity index (χ1n) is 10.7. The second-order valence-electron chi connectivity index (χ2n) is 8.28. The molecule has 3 rings (SSSR count). The molecular formula is C20H36N4O2. The summed E-state index contributed by atoms with van der Waals surface area (Å²) in [5.74, 6) is 0.359. The maximum absolute atomic E-state index is 12.4. The van der Waals surface area contributed by atoms with Gasteiger partial charge in [0.15, 0.2) is 0 Å². The lowest BCUT2D eigenvalue weighted by Gasteiger charge is -2.35. The summed E-state index contributed by atoms with van der Waals surface area (Å²) < 4.78 is 0. The standard InChI is InChI=1S/C20H36N4O2/c25-19(22-18-9-5-2-6-10-18)16-23-11-13-24(14-12-23)20(26)15-21-17-7-3-1-4-8-17/h17-18,21H,1-16H2,(H,22,25). The summed E-state index contributed by atoms with van der Waals surface area (Å²) in [5.41, 5.74) is 0. The zero-order valence-electron chi connectivity index (χ0n) is 16.2. The lowest BCUT2D eigenvalue weighted by molar-refractivity contribution is -0.132. The number of hydrogen-bond acceptors (Lipinski definition) is 4. The maximum atomic E-state index is 12.4. The molecule has 0 radical (unpaired) electrons. The number of carbonyl (C=O) groups excluding carboxylic acids is 2. The minimum atomic E-state index is 0.149. The Balaban J connectivity index is 1.30. The third-order valence-electron chi connectivity index (χ3n) is 6.21. The molecule has 0 aromatic carbocycles. The molecule has 1 heterocycles. The third kappa shape index (κ3) is 6.23. The fraction of sp³-hybridized carbons (Fsp3) is 0.900. The van der Waals surface area contributed by atoms with Gasteiger partial charge in [-0.2, -0.15) is 0 Å². The molecule has 0 atom stereocenters. The molecule has 2 N–H and O–H groups in total. The zero-order valence-corrected chi connectivity index (χ0v) is 16.2. The van der Waals surface area contributed by atoms with Gasteiger partial charge in [-0.05, 0) is 25.7 Å². The Kier molecular flexibility index (Phi) is 7.74. The van der Waals surface area contributed by atoms with E-state index in [1.807, 2.05) is 4.90 Å². The topological polar surface area (TPSA) is 64.7 Å². The normalized spacial score (nSPS) is 23.8. The number of carbonyl (C=O) groups is 2. The van der Waals surface area contributed by atoms with Gasteiger partial charge < -0.3 is 15.5 Å². The van der Waals surface area contributed by atoms with Crippen LogP contribution in [0.15, 0.2) is 0 Å². The van der Waals surface area contributed by atoms with Gasteiger partial charge in [-0.3, -0.25) is 14.5 Å². The molecule has 2 aliphatic carbocycles. The third-order valence-corrected chi connectivity index (χ3v) is 6.21. The Morgan fingerprint density at radius 3 is 1.96 bits per heavy atom. The maximum Gasteiger partial charge on any atom is 0.236 e. The predicted octanol–water partition coefficient (Wildman–Crippen LogP) is 1.50. The molecule has 3 fully saturated rings. The molecule has 1 saturated heterocycles. The van der Waals surface area contributed by atoms with Crippen molar-refractivity contribution in [2.75, 3.05) is 39.3 Å². The minimum absolute atomic E-state index is 0.149. The Hall–Kier alpha value is -1.14. The van der Waals surface area contributed by atoms with E-state index in [4.69, 9.17) is 0 Å². The van der Waals surface area contributed by atoms with Crippen molar-refractivity contribution in [2.45, 2.75) is 76.3 Å². The molecule has 6 nitrogen and oxygen atoms in total. The number of nitrogens with zero attached hydrogens (tertiary/aromatic N) is 2. The molecule has 0 bridgehead atoms. The number of amides is 2. The summed E-state index contributed by atoms with van der Waals surface area (Å²) in [6, 6.07) is 0.905. The van der Waals surface area contributed by atoms with E-state index in [0.29, 0.717) is 25.2 Å². The predicted molar refractivity (Wildman–Crippen MR) is 103 cm³/mol. The molecule has 0 unspecified atom stereocenters. The summed E-state index contributed by atoms with van der Waals surface area (Å²) in [6.45, 7) is 4.01. The van der Waals surface area contributed by atoms with Crippen LogP contribution in [0.3, 0.4) is 0 Å². The van der Waals surface area contributed by atoms with E-state index in [-0.39, 0.29) is 11.8 Å². The van der Waals surface area contributed by atoms with Gasteiger partial charge in [-0.25, -0.2) is 0 Å². The van der Waals surface area contributed by atoms with Gasteiger partial charge >= 0.3 is 0 Å². The second kappa shape index (κ2) is 10.3. The summed E-state index contributed by atoms with van der Waals surface area (Å²) in [7, 11) is 0. The first-order valence-corrected chi connectivity index (χ1v) is 10.7. The highest BCUT2D eigenvalue weighted by molar-refractivity contribution is 5.79. The van der Waals surface area contributed by atoms with Crippen molar-refractivity contribution >= 4 is 11.8 Å². The van der Waals surface area contributed by atoms with Crippen molar-refractivity contribution in [3.05, 3.63) is 0 Å². The smallest absolute Gasteiger partial charge is 0.236 e. The van der Waals surface area contributed by atoms with Crippen LogP contribution in [-0.2, 0) is 9.59 Å². The van der Waals surface area contributed by atoms with Gasteiger partial charge in [0.1, 0.15) is 0 Å². The monoisotopic (exact) mass is 364 g/mol. The minimum Gasteiger partial charge on any atom is -0.352 e. The molecule has 0 spiro atoms. The van der Waals surface area contributed by atoms with Gasteiger partial charge in [0.2, 0.25) is 11.8 Å². The molecule has 2 amide bonds. The van der Waals surface area contributed by atoms with E-state index in [9.17, 15) is 9.59 Å². The fourth-order valence-corrected chi connectivity index (χ4v) is 4.53. The molecule has 1 aliphatic heterocycles. The Morgan fingerprint density at radius 1 is 0.769 bits per heavy atom. The number of piperazine rings is 1. The van der Waals surface area contributed by atoms with Crippen LogP contribution in [0.4, 0.5) is 0 Å². The molecule has 6 heteroatoms. The van der Waals surface area contributed by atoms with Gasteiger partial charge in [0.05, 0.1) is 13.1 Å². The SMILES string of the molecule is O=C(CN1CCN(C(=O)CNC2CCCCC2)CC1)NC1CCCCC1. The van der Waals surface area contributed by atoms with E-state index < -0.39 is 0 Å². The summed E-state index contributed by atoms with van der Waals surface area (Å²) in [6.07, 6.45) is 12.3. The Labute approximate surface area is 158 Å². The van der Waals surface area contributed by atoms with Crippen LogP contribution in [0, 0.1) is 0 Å². The summed E-state index contributed by atoms with van der Waals surface area (Å²) in [4.78, 5) is 28.8. The summed E-state index contributed by atoms with van der Waals surface area (Å²) >= 11 is 0. The largest absolute Gasteiger partial charge is 0.352 e. The average Bonchev–Trinajstić information content (AvgIpc) is 2.68. The van der Waals surface area contributed by atoms with Crippen LogP contribution in [0.2, 0.25) is 0 Å². The van der Waals surface area contributed by atoms with E-state index in [1.165, 1.54) is 51.4 Å². The number of rotatable bonds is 6. The van der Waals surface area contributed by atoms with Crippen LogP contribution < -0.4 is 10.6 Å². The van der Waals surface area contributed by atoms with Crippen molar-refractivity contribution in [3.8, 4) is 0 Å². The van der Waals surface area contributed by atoms with Crippen LogP contribution in [0.25, 0.3) is 0 Å². The number of hydrogen-bond donors (Lipinski definition) is 2. The molecule has 0 aromatic heterocycles. The van der Waals surface area contributed by atoms with Crippen LogP contribution in [0.5, 0.6) is 0 Å². The van der Waals surface area contributed by atoms with E-state index in [2.05, 4.69) is 15.5 Å². The van der Waals surface area contributed by atoms with Crippen LogP contribution >= 0.6 is 0 Å². The lowest BCUT2D eigenvalue weighted by Crippen LogP contribution is -2.53. The van der Waals surface area contributed by atoms with Gasteiger partial charge in [0.25, 0.3) is 0 Å². The van der Waals surface area contributed by atoms with Crippen LogP contribution in [0.1, 0.15) is 64.2 Å². The lowest BCUT2D eigenvalue weighted by atomic mass is 9.95. The molecular weight excluding hydrogens is 328 g/mol. The summed E-state index contributed by atoms with van der Waals surface area (Å²) in [5, 5.41) is 6.62. The molecule has 2 saturated carbocycles. The molecule has 26 heavy (non-hydrogen) atoms. The van der Waals surface area contributed by atoms with Crippen molar-refractivity contribution in [1.29, 1.82) is 0 Å². The molecule has 0 aromatic rings. The van der Waals surface area contributed by atoms with Gasteiger partial charge in [0, 0.05) is 38.3 Å². The van der Waals surface area contributed by atoms with Crippen molar-refractivity contribution in [2.24, 2.45) is 0 Å². The number of nitrogens with one attached hydrogen (secondary N) is 2. The molecule has 3 aliphatic rings. The van der Waals surface area contributed by atoms with E-state index in [1.54, 1.807) is 0 Å². The fourth-order valence-electron chi connectivity index (χ4n) is 4.53. The average molecular weight is 365 g/mol. The van der Waals surface area contributed by atoms with E-state index in [0.717, 1.165) is 39.0 Å². The Bertz CT molecular complexity index is 451. The molecule has 148 valence electrons. The zero-order chi connectivity index (χ0) is 18.2. The highest BCUT2D eigenvalue weighted by Gasteiger charge is 2.24.